The van der Waals surface area contributed by atoms with Gasteiger partial charge in [0.05, 0.1) is 0 Å². The molecule has 4 nitrogen and oxygen atoms in total. The van der Waals surface area contributed by atoms with Crippen molar-refractivity contribution >= 4 is 5.69 Å². The largest absolute Gasteiger partial charge is 0.398 e. The van der Waals surface area contributed by atoms with Crippen molar-refractivity contribution in [2.45, 2.75) is 13.8 Å². The SMILES string of the molecule is Cc1cccc(-c2nc(-c3cccc(N)c3C)no2)c1. The van der Waals surface area contributed by atoms with Crippen LogP contribution in [0.2, 0.25) is 0 Å². The van der Waals surface area contributed by atoms with Crippen LogP contribution in [0.4, 0.5) is 5.69 Å². The van der Waals surface area contributed by atoms with E-state index in [2.05, 4.69) is 10.1 Å². The molecule has 0 atom stereocenters. The number of nitrogen functional groups attached to an aromatic ring is 1. The summed E-state index contributed by atoms with van der Waals surface area (Å²) in [6, 6.07) is 13.7. The third kappa shape index (κ3) is 2.16. The number of nitrogens with zero attached hydrogens (tertiary/aromatic N) is 2. The van der Waals surface area contributed by atoms with E-state index in [9.17, 15) is 0 Å². The van der Waals surface area contributed by atoms with Gasteiger partial charge in [0.25, 0.3) is 5.89 Å². The zero-order valence-corrected chi connectivity index (χ0v) is 11.4. The molecule has 20 heavy (non-hydrogen) atoms. The minimum absolute atomic E-state index is 0.519. The van der Waals surface area contributed by atoms with Crippen molar-refractivity contribution in [1.82, 2.24) is 10.1 Å². The van der Waals surface area contributed by atoms with Gasteiger partial charge < -0.3 is 10.3 Å². The first-order valence-electron chi connectivity index (χ1n) is 6.41. The summed E-state index contributed by atoms with van der Waals surface area (Å²) in [5.74, 6) is 1.08. The maximum absolute atomic E-state index is 5.91. The van der Waals surface area contributed by atoms with E-state index < -0.39 is 0 Å². The first-order chi connectivity index (χ1) is 9.65. The zero-order chi connectivity index (χ0) is 14.1. The van der Waals surface area contributed by atoms with Gasteiger partial charge in [0.15, 0.2) is 0 Å². The molecule has 0 aliphatic heterocycles. The molecule has 0 saturated carbocycles. The predicted molar refractivity (Wildman–Crippen MR) is 79.1 cm³/mol. The van der Waals surface area contributed by atoms with Crippen LogP contribution in [0, 0.1) is 13.8 Å². The minimum Gasteiger partial charge on any atom is -0.398 e. The fourth-order valence-corrected chi connectivity index (χ4v) is 2.12. The number of hydrogen-bond donors (Lipinski definition) is 1. The molecule has 100 valence electrons. The van der Waals surface area contributed by atoms with Crippen molar-refractivity contribution in [1.29, 1.82) is 0 Å². The lowest BCUT2D eigenvalue weighted by molar-refractivity contribution is 0.432. The average molecular weight is 265 g/mol. The van der Waals surface area contributed by atoms with Gasteiger partial charge in [0.1, 0.15) is 0 Å². The molecule has 3 aromatic rings. The summed E-state index contributed by atoms with van der Waals surface area (Å²) in [5.41, 5.74) is 10.6. The van der Waals surface area contributed by atoms with E-state index >= 15 is 0 Å². The van der Waals surface area contributed by atoms with Crippen molar-refractivity contribution in [2.24, 2.45) is 0 Å². The van der Waals surface area contributed by atoms with E-state index in [1.54, 1.807) is 0 Å². The summed E-state index contributed by atoms with van der Waals surface area (Å²) in [4.78, 5) is 4.46. The Bertz CT molecular complexity index is 762. The molecule has 0 unspecified atom stereocenters. The van der Waals surface area contributed by atoms with Gasteiger partial charge in [-0.15, -0.1) is 0 Å². The van der Waals surface area contributed by atoms with Gasteiger partial charge in [-0.25, -0.2) is 0 Å². The summed E-state index contributed by atoms with van der Waals surface area (Å²) >= 11 is 0. The van der Waals surface area contributed by atoms with Crippen molar-refractivity contribution in [3.63, 3.8) is 0 Å². The number of anilines is 1. The maximum Gasteiger partial charge on any atom is 0.258 e. The van der Waals surface area contributed by atoms with Gasteiger partial charge in [-0.2, -0.15) is 4.98 Å². The molecule has 3 rings (SSSR count). The number of benzene rings is 2. The van der Waals surface area contributed by atoms with Gasteiger partial charge in [0.2, 0.25) is 5.82 Å². The van der Waals surface area contributed by atoms with Crippen molar-refractivity contribution < 1.29 is 4.52 Å². The van der Waals surface area contributed by atoms with Crippen LogP contribution in [0.15, 0.2) is 47.0 Å². The summed E-state index contributed by atoms with van der Waals surface area (Å²) < 4.78 is 5.35. The lowest BCUT2D eigenvalue weighted by Crippen LogP contribution is -1.92. The van der Waals surface area contributed by atoms with E-state index in [-0.39, 0.29) is 0 Å². The third-order valence-corrected chi connectivity index (χ3v) is 3.31. The van der Waals surface area contributed by atoms with Crippen LogP contribution in [-0.2, 0) is 0 Å². The smallest absolute Gasteiger partial charge is 0.258 e. The quantitative estimate of drug-likeness (QED) is 0.719. The second-order valence-corrected chi connectivity index (χ2v) is 4.81. The third-order valence-electron chi connectivity index (χ3n) is 3.31. The van der Waals surface area contributed by atoms with Crippen LogP contribution in [0.1, 0.15) is 11.1 Å². The van der Waals surface area contributed by atoms with Crippen LogP contribution >= 0.6 is 0 Å². The van der Waals surface area contributed by atoms with Gasteiger partial charge in [-0.3, -0.25) is 0 Å². The van der Waals surface area contributed by atoms with Gasteiger partial charge in [0, 0.05) is 16.8 Å². The van der Waals surface area contributed by atoms with Gasteiger partial charge >= 0.3 is 0 Å². The molecule has 4 heteroatoms. The molecule has 1 heterocycles. The predicted octanol–water partition coefficient (Wildman–Crippen LogP) is 3.60. The first kappa shape index (κ1) is 12.4. The van der Waals surface area contributed by atoms with E-state index in [0.717, 1.165) is 27.9 Å². The average Bonchev–Trinajstić information content (AvgIpc) is 2.91. The summed E-state index contributed by atoms with van der Waals surface area (Å²) in [5, 5.41) is 4.05. The molecule has 1 aromatic heterocycles. The monoisotopic (exact) mass is 265 g/mol. The summed E-state index contributed by atoms with van der Waals surface area (Å²) in [7, 11) is 0. The van der Waals surface area contributed by atoms with Crippen LogP contribution in [-0.4, -0.2) is 10.1 Å². The topological polar surface area (TPSA) is 64.9 Å². The van der Waals surface area contributed by atoms with E-state index in [1.807, 2.05) is 56.3 Å². The molecular weight excluding hydrogens is 250 g/mol. The van der Waals surface area contributed by atoms with E-state index in [0.29, 0.717) is 11.7 Å². The maximum atomic E-state index is 5.91. The number of rotatable bonds is 2. The van der Waals surface area contributed by atoms with Crippen LogP contribution in [0.3, 0.4) is 0 Å². The van der Waals surface area contributed by atoms with Gasteiger partial charge in [-0.1, -0.05) is 35.0 Å². The van der Waals surface area contributed by atoms with Crippen molar-refractivity contribution in [3.05, 3.63) is 53.6 Å². The number of aryl methyl sites for hydroxylation is 1. The Morgan fingerprint density at radius 3 is 2.65 bits per heavy atom. The fraction of sp³-hybridized carbons (Fsp3) is 0.125. The number of nitrogens with two attached hydrogens (primary N) is 1. The Balaban J connectivity index is 2.04. The highest BCUT2D eigenvalue weighted by atomic mass is 16.5. The number of aromatic nitrogens is 2. The van der Waals surface area contributed by atoms with Crippen LogP contribution in [0.25, 0.3) is 22.8 Å². The molecule has 0 saturated heterocycles. The van der Waals surface area contributed by atoms with E-state index in [4.69, 9.17) is 10.3 Å². The lowest BCUT2D eigenvalue weighted by Gasteiger charge is -2.03. The van der Waals surface area contributed by atoms with Crippen molar-refractivity contribution in [2.75, 3.05) is 5.73 Å². The van der Waals surface area contributed by atoms with Crippen molar-refractivity contribution in [3.8, 4) is 22.8 Å². The Morgan fingerprint density at radius 2 is 1.85 bits per heavy atom. The minimum atomic E-state index is 0.519. The Labute approximate surface area is 117 Å². The molecule has 2 N–H and O–H groups in total. The normalized spacial score (nSPS) is 10.7. The van der Waals surface area contributed by atoms with Gasteiger partial charge in [-0.05, 0) is 37.6 Å². The number of hydrogen-bond acceptors (Lipinski definition) is 4. The summed E-state index contributed by atoms with van der Waals surface area (Å²) in [6.45, 7) is 3.98. The Kier molecular flexibility index (Phi) is 2.99. The molecule has 0 amide bonds. The lowest BCUT2D eigenvalue weighted by atomic mass is 10.1. The molecular formula is C16H15N3O. The first-order valence-corrected chi connectivity index (χ1v) is 6.41. The molecule has 0 fully saturated rings. The fourth-order valence-electron chi connectivity index (χ4n) is 2.12. The highest BCUT2D eigenvalue weighted by molar-refractivity contribution is 5.68. The highest BCUT2D eigenvalue weighted by Gasteiger charge is 2.13. The molecule has 0 radical (unpaired) electrons. The van der Waals surface area contributed by atoms with Crippen LogP contribution in [0.5, 0.6) is 0 Å². The van der Waals surface area contributed by atoms with E-state index in [1.165, 1.54) is 0 Å². The second-order valence-electron chi connectivity index (χ2n) is 4.81. The highest BCUT2D eigenvalue weighted by Crippen LogP contribution is 2.27. The second kappa shape index (κ2) is 4.81. The Morgan fingerprint density at radius 1 is 1.05 bits per heavy atom. The van der Waals surface area contributed by atoms with Crippen LogP contribution < -0.4 is 5.73 Å². The molecule has 0 bridgehead atoms. The molecule has 2 aromatic carbocycles. The standard InChI is InChI=1S/C16H15N3O/c1-10-5-3-6-12(9-10)16-18-15(19-20-16)13-7-4-8-14(17)11(13)2/h3-9H,17H2,1-2H3. The molecule has 0 aliphatic rings. The summed E-state index contributed by atoms with van der Waals surface area (Å²) in [6.07, 6.45) is 0. The Hall–Kier alpha value is -2.62. The molecule has 0 spiro atoms. The molecule has 0 aliphatic carbocycles. The zero-order valence-electron chi connectivity index (χ0n) is 11.4.